The fourth-order valence-electron chi connectivity index (χ4n) is 0.817. The third-order valence-corrected chi connectivity index (χ3v) is 1.82. The number of hydrogen-bond acceptors (Lipinski definition) is 3. The van der Waals surface area contributed by atoms with Crippen molar-refractivity contribution in [1.29, 1.82) is 0 Å². The molecule has 0 aliphatic carbocycles. The Labute approximate surface area is 131 Å². The number of rotatable bonds is 3. The van der Waals surface area contributed by atoms with Gasteiger partial charge in [0.05, 0.1) is 7.11 Å². The average molecular weight is 254 g/mol. The fourth-order valence-corrected chi connectivity index (χ4v) is 1.07. The molecule has 0 fully saturated rings. The van der Waals surface area contributed by atoms with E-state index in [0.717, 1.165) is 6.21 Å². The summed E-state index contributed by atoms with van der Waals surface area (Å²) in [6, 6.07) is 6.55. The minimum atomic E-state index is -4.30. The summed E-state index contributed by atoms with van der Waals surface area (Å²) in [4.78, 5) is 0. The molecule has 5 nitrogen and oxygen atoms in total. The van der Waals surface area contributed by atoms with Crippen LogP contribution < -0.4 is 4.74 Å². The Hall–Kier alpha value is 0.236. The number of nitrogens with zero attached hydrogens (tertiary/aromatic N) is 1. The molecule has 1 aromatic rings. The Bertz CT molecular complexity index is 426. The van der Waals surface area contributed by atoms with Crippen LogP contribution in [0.5, 0.6) is 5.75 Å². The number of hydrogen-bond donors (Lipinski definition) is 1. The van der Waals surface area contributed by atoms with Gasteiger partial charge in [-0.05, 0) is 29.8 Å². The van der Waals surface area contributed by atoms with Crippen LogP contribution in [0.3, 0.4) is 0 Å². The van der Waals surface area contributed by atoms with Crippen LogP contribution >= 0.6 is 0 Å². The quantitative estimate of drug-likeness (QED) is 0.485. The van der Waals surface area contributed by atoms with E-state index in [1.54, 1.807) is 24.3 Å². The van der Waals surface area contributed by atoms with E-state index >= 15 is 0 Å². The van der Waals surface area contributed by atoms with Crippen LogP contribution in [0.25, 0.3) is 0 Å². The predicted molar refractivity (Wildman–Crippen MR) is 57.9 cm³/mol. The number of methoxy groups -OCH3 is 1. The second-order valence-corrected chi connectivity index (χ2v) is 3.56. The molecule has 0 heterocycles. The summed E-state index contributed by atoms with van der Waals surface area (Å²) in [5.74, 6) is 0.661. The topological polar surface area (TPSA) is 76.0 Å². The molecule has 0 aromatic heterocycles. The van der Waals surface area contributed by atoms with E-state index in [9.17, 15) is 8.42 Å². The summed E-state index contributed by atoms with van der Waals surface area (Å²) in [5.41, 5.74) is 0.559. The Morgan fingerprint density at radius 2 is 1.87 bits per heavy atom. The number of ether oxygens (including phenoxy) is 1. The summed E-state index contributed by atoms with van der Waals surface area (Å²) < 4.78 is 36.7. The molecule has 0 spiro atoms. The number of benzene rings is 1. The monoisotopic (exact) mass is 254 g/mol. The van der Waals surface area contributed by atoms with Crippen molar-refractivity contribution in [2.24, 2.45) is 4.40 Å². The zero-order valence-corrected chi connectivity index (χ0v) is 12.4. The fraction of sp³-hybridized carbons (Fsp3) is 0.125. The van der Waals surface area contributed by atoms with Gasteiger partial charge in [-0.2, -0.15) is 8.42 Å². The van der Waals surface area contributed by atoms with Gasteiger partial charge in [-0.15, -0.1) is 4.40 Å². The van der Waals surface area contributed by atoms with E-state index in [0.29, 0.717) is 11.3 Å². The molecule has 15 heavy (non-hydrogen) atoms. The Kier molecular flexibility index (Phi) is 6.85. The molecule has 1 N–H and O–H groups in total. The molecule has 0 bridgehead atoms. The van der Waals surface area contributed by atoms with Crippen LogP contribution in [0, 0.1) is 0 Å². The summed E-state index contributed by atoms with van der Waals surface area (Å²) in [6.07, 6.45) is 1.05. The first-order chi connectivity index (χ1) is 6.51. The van der Waals surface area contributed by atoms with Crippen molar-refractivity contribution in [3.8, 4) is 5.75 Å². The van der Waals surface area contributed by atoms with Crippen LogP contribution in [-0.4, -0.2) is 77.7 Å². The Morgan fingerprint density at radius 1 is 1.33 bits per heavy atom. The second-order valence-electron chi connectivity index (χ2n) is 2.46. The van der Waals surface area contributed by atoms with Gasteiger partial charge < -0.3 is 4.74 Å². The van der Waals surface area contributed by atoms with E-state index in [-0.39, 0.29) is 51.4 Å². The molecule has 0 amide bonds. The molecule has 1 aromatic carbocycles. The van der Waals surface area contributed by atoms with Crippen molar-refractivity contribution in [3.05, 3.63) is 29.8 Å². The van der Waals surface area contributed by atoms with Crippen molar-refractivity contribution in [2.45, 2.75) is 0 Å². The summed E-state index contributed by atoms with van der Waals surface area (Å²) in [5, 5.41) is 0. The zero-order chi connectivity index (χ0) is 10.6. The first-order valence-electron chi connectivity index (χ1n) is 3.68. The third-order valence-electron chi connectivity index (χ3n) is 1.45. The van der Waals surface area contributed by atoms with Crippen molar-refractivity contribution >= 4 is 67.9 Å². The van der Waals surface area contributed by atoms with E-state index in [4.69, 9.17) is 9.29 Å². The molecule has 0 saturated heterocycles. The normalized spacial score (nSPS) is 11.1. The summed E-state index contributed by atoms with van der Waals surface area (Å²) in [7, 11) is -2.77. The molecule has 7 heteroatoms. The van der Waals surface area contributed by atoms with Crippen LogP contribution in [0.1, 0.15) is 5.56 Å². The molecular weight excluding hydrogens is 245 g/mol. The maximum atomic E-state index is 10.3. The minimum absolute atomic E-state index is 0. The van der Waals surface area contributed by atoms with Crippen molar-refractivity contribution in [2.75, 3.05) is 7.11 Å². The minimum Gasteiger partial charge on any atom is -0.497 e. The van der Waals surface area contributed by atoms with Gasteiger partial charge in [-0.25, -0.2) is 0 Å². The standard InChI is InChI=1S/C8H9NO4S.K/c1-13-8-4-2-7(3-5-8)6-9-14(10,11)12;/h2-6H,1H3,(H,10,11,12);. The van der Waals surface area contributed by atoms with Gasteiger partial charge in [0.2, 0.25) is 0 Å². The molecule has 0 aliphatic rings. The molecular formula is C8H9KNO4S. The maximum absolute atomic E-state index is 10.3. The average Bonchev–Trinajstić information content (AvgIpc) is 2.14. The molecule has 0 unspecified atom stereocenters. The van der Waals surface area contributed by atoms with Crippen LogP contribution in [0.2, 0.25) is 0 Å². The molecule has 1 rings (SSSR count). The van der Waals surface area contributed by atoms with E-state index in [1.165, 1.54) is 7.11 Å². The van der Waals surface area contributed by atoms with Gasteiger partial charge in [-0.1, -0.05) is 0 Å². The largest absolute Gasteiger partial charge is 0.497 e. The van der Waals surface area contributed by atoms with E-state index < -0.39 is 10.3 Å². The Morgan fingerprint density at radius 3 is 2.27 bits per heavy atom. The smallest absolute Gasteiger partial charge is 0.378 e. The van der Waals surface area contributed by atoms with Gasteiger partial charge in [-0.3, -0.25) is 4.55 Å². The Balaban J connectivity index is 0.00000196. The first kappa shape index (κ1) is 15.2. The SMILES string of the molecule is COc1ccc(C=NS(=O)(=O)O)cc1.[K]. The van der Waals surface area contributed by atoms with Gasteiger partial charge in [0.15, 0.2) is 0 Å². The molecule has 0 aliphatic heterocycles. The first-order valence-corrected chi connectivity index (χ1v) is 5.08. The molecule has 0 atom stereocenters. The van der Waals surface area contributed by atoms with Crippen molar-refractivity contribution in [3.63, 3.8) is 0 Å². The van der Waals surface area contributed by atoms with Crippen LogP contribution in [0.4, 0.5) is 0 Å². The summed E-state index contributed by atoms with van der Waals surface area (Å²) in [6.45, 7) is 0. The molecule has 0 saturated carbocycles. The maximum Gasteiger partial charge on any atom is 0.378 e. The van der Waals surface area contributed by atoms with Crippen molar-refractivity contribution < 1.29 is 17.7 Å². The molecule has 1 radical (unpaired) electrons. The van der Waals surface area contributed by atoms with E-state index in [2.05, 4.69) is 4.40 Å². The molecule has 77 valence electrons. The summed E-state index contributed by atoms with van der Waals surface area (Å²) >= 11 is 0. The van der Waals surface area contributed by atoms with Gasteiger partial charge in [0.1, 0.15) is 5.75 Å². The van der Waals surface area contributed by atoms with Crippen molar-refractivity contribution in [1.82, 2.24) is 0 Å². The zero-order valence-electron chi connectivity index (χ0n) is 8.41. The van der Waals surface area contributed by atoms with Crippen LogP contribution in [-0.2, 0) is 10.3 Å². The van der Waals surface area contributed by atoms with Gasteiger partial charge in [0, 0.05) is 57.6 Å². The third kappa shape index (κ3) is 6.41. The van der Waals surface area contributed by atoms with Gasteiger partial charge >= 0.3 is 10.3 Å². The predicted octanol–water partition coefficient (Wildman–Crippen LogP) is 0.536. The van der Waals surface area contributed by atoms with E-state index in [1.807, 2.05) is 0 Å². The van der Waals surface area contributed by atoms with Gasteiger partial charge in [0.25, 0.3) is 0 Å². The second kappa shape index (κ2) is 6.74. The van der Waals surface area contributed by atoms with Crippen LogP contribution in [0.15, 0.2) is 28.7 Å².